The molecule has 0 saturated heterocycles. The summed E-state index contributed by atoms with van der Waals surface area (Å²) < 4.78 is 0. The number of aliphatic hydroxyl groups excluding tert-OH is 1. The van der Waals surface area contributed by atoms with Gasteiger partial charge in [-0.05, 0) is 44.4 Å². The van der Waals surface area contributed by atoms with Gasteiger partial charge in [-0.25, -0.2) is 0 Å². The highest BCUT2D eigenvalue weighted by Crippen LogP contribution is 2.14. The third-order valence-corrected chi connectivity index (χ3v) is 2.89. The van der Waals surface area contributed by atoms with Crippen molar-refractivity contribution in [3.05, 3.63) is 0 Å². The van der Waals surface area contributed by atoms with E-state index in [0.29, 0.717) is 6.04 Å². The number of hydrogen-bond donors (Lipinski definition) is 2. The quantitative estimate of drug-likeness (QED) is 0.636. The molecule has 0 rings (SSSR count). The summed E-state index contributed by atoms with van der Waals surface area (Å²) in [7, 11) is 0. The largest absolute Gasteiger partial charge is 0.392 e. The molecule has 0 aromatic rings. The second-order valence-corrected chi connectivity index (χ2v) is 5.90. The Morgan fingerprint density at radius 2 is 1.25 bits per heavy atom. The predicted octanol–water partition coefficient (Wildman–Crippen LogP) is 3.20. The van der Waals surface area contributed by atoms with E-state index >= 15 is 0 Å². The van der Waals surface area contributed by atoms with Gasteiger partial charge in [0.15, 0.2) is 0 Å². The summed E-state index contributed by atoms with van der Waals surface area (Å²) in [5, 5.41) is 12.8. The number of rotatable bonds is 9. The molecule has 0 radical (unpaired) electrons. The van der Waals surface area contributed by atoms with Crippen molar-refractivity contribution in [2.45, 2.75) is 72.4 Å². The summed E-state index contributed by atoms with van der Waals surface area (Å²) in [5.74, 6) is 1.55. The first-order valence-electron chi connectivity index (χ1n) is 6.83. The molecule has 0 aliphatic carbocycles. The molecule has 0 spiro atoms. The molecule has 0 heterocycles. The van der Waals surface area contributed by atoms with Crippen molar-refractivity contribution in [3.8, 4) is 0 Å². The number of nitrogens with one attached hydrogen (secondary N) is 1. The van der Waals surface area contributed by atoms with E-state index in [2.05, 4.69) is 33.0 Å². The summed E-state index contributed by atoms with van der Waals surface area (Å²) in [6.45, 7) is 11.7. The van der Waals surface area contributed by atoms with Crippen molar-refractivity contribution >= 4 is 0 Å². The van der Waals surface area contributed by atoms with Crippen LogP contribution >= 0.6 is 0 Å². The Labute approximate surface area is 102 Å². The molecule has 2 nitrogen and oxygen atoms in total. The van der Waals surface area contributed by atoms with Gasteiger partial charge in [0.05, 0.1) is 6.10 Å². The van der Waals surface area contributed by atoms with Crippen molar-refractivity contribution < 1.29 is 5.11 Å². The molecule has 98 valence electrons. The van der Waals surface area contributed by atoms with Gasteiger partial charge in [0.2, 0.25) is 0 Å². The first-order chi connectivity index (χ1) is 7.41. The van der Waals surface area contributed by atoms with Gasteiger partial charge >= 0.3 is 0 Å². The van der Waals surface area contributed by atoms with E-state index in [1.54, 1.807) is 0 Å². The summed E-state index contributed by atoms with van der Waals surface area (Å²) >= 11 is 0. The topological polar surface area (TPSA) is 32.3 Å². The fourth-order valence-corrected chi connectivity index (χ4v) is 1.75. The van der Waals surface area contributed by atoms with Crippen molar-refractivity contribution in [1.29, 1.82) is 0 Å². The third kappa shape index (κ3) is 10.4. The average Bonchev–Trinajstić information content (AvgIpc) is 2.15. The normalized spacial score (nSPS) is 14.1. The van der Waals surface area contributed by atoms with Gasteiger partial charge < -0.3 is 10.4 Å². The minimum absolute atomic E-state index is 0.236. The Hall–Kier alpha value is -0.0800. The smallest absolute Gasteiger partial charge is 0.0636 e. The highest BCUT2D eigenvalue weighted by atomic mass is 16.3. The van der Waals surface area contributed by atoms with E-state index in [4.69, 9.17) is 0 Å². The lowest BCUT2D eigenvalue weighted by Crippen LogP contribution is -2.35. The van der Waals surface area contributed by atoms with E-state index < -0.39 is 0 Å². The molecular weight excluding hydrogens is 198 g/mol. The van der Waals surface area contributed by atoms with E-state index in [1.807, 2.05) is 6.92 Å². The van der Waals surface area contributed by atoms with Crippen LogP contribution in [-0.2, 0) is 0 Å². The molecule has 0 saturated carbocycles. The second-order valence-electron chi connectivity index (χ2n) is 5.90. The van der Waals surface area contributed by atoms with Gasteiger partial charge in [-0.2, -0.15) is 0 Å². The number of aliphatic hydroxyl groups is 1. The Morgan fingerprint density at radius 3 is 1.56 bits per heavy atom. The zero-order valence-electron chi connectivity index (χ0n) is 11.8. The minimum Gasteiger partial charge on any atom is -0.392 e. The Bertz CT molecular complexity index is 126. The van der Waals surface area contributed by atoms with Gasteiger partial charge in [0, 0.05) is 12.6 Å². The minimum atomic E-state index is -0.236. The lowest BCUT2D eigenvalue weighted by atomic mass is 9.97. The summed E-state index contributed by atoms with van der Waals surface area (Å²) in [5.41, 5.74) is 0. The molecule has 0 aromatic carbocycles. The average molecular weight is 229 g/mol. The van der Waals surface area contributed by atoms with Gasteiger partial charge in [0.1, 0.15) is 0 Å². The van der Waals surface area contributed by atoms with Gasteiger partial charge in [-0.1, -0.05) is 27.7 Å². The van der Waals surface area contributed by atoms with Crippen LogP contribution in [0.1, 0.15) is 60.3 Å². The summed E-state index contributed by atoms with van der Waals surface area (Å²) in [4.78, 5) is 0. The van der Waals surface area contributed by atoms with Crippen LogP contribution in [0.5, 0.6) is 0 Å². The van der Waals surface area contributed by atoms with E-state index in [0.717, 1.165) is 18.4 Å². The molecule has 16 heavy (non-hydrogen) atoms. The maximum Gasteiger partial charge on any atom is 0.0636 e. The molecule has 2 N–H and O–H groups in total. The van der Waals surface area contributed by atoms with Crippen LogP contribution in [0.4, 0.5) is 0 Å². The fourth-order valence-electron chi connectivity index (χ4n) is 1.75. The maximum atomic E-state index is 9.29. The highest BCUT2D eigenvalue weighted by Gasteiger charge is 2.10. The summed E-state index contributed by atoms with van der Waals surface area (Å²) in [6.07, 6.45) is 4.78. The van der Waals surface area contributed by atoms with Crippen LogP contribution in [0.3, 0.4) is 0 Å². The molecule has 0 bridgehead atoms. The van der Waals surface area contributed by atoms with Gasteiger partial charge in [0.25, 0.3) is 0 Å². The third-order valence-electron chi connectivity index (χ3n) is 2.89. The molecular formula is C14H31NO. The molecule has 0 aromatic heterocycles. The van der Waals surface area contributed by atoms with Crippen LogP contribution in [0.25, 0.3) is 0 Å². The molecule has 0 amide bonds. The van der Waals surface area contributed by atoms with Gasteiger partial charge in [-0.15, -0.1) is 0 Å². The molecule has 2 heteroatoms. The Morgan fingerprint density at radius 1 is 0.812 bits per heavy atom. The highest BCUT2D eigenvalue weighted by molar-refractivity contribution is 4.70. The van der Waals surface area contributed by atoms with Crippen molar-refractivity contribution in [2.75, 3.05) is 6.54 Å². The monoisotopic (exact) mass is 229 g/mol. The maximum absolute atomic E-state index is 9.29. The van der Waals surface area contributed by atoms with Crippen LogP contribution < -0.4 is 5.32 Å². The zero-order chi connectivity index (χ0) is 12.6. The summed E-state index contributed by atoms with van der Waals surface area (Å²) in [6, 6.07) is 0.583. The first-order valence-corrected chi connectivity index (χ1v) is 6.83. The molecule has 0 aliphatic rings. The van der Waals surface area contributed by atoms with E-state index in [-0.39, 0.29) is 6.10 Å². The van der Waals surface area contributed by atoms with E-state index in [9.17, 15) is 5.11 Å². The molecule has 1 atom stereocenters. The van der Waals surface area contributed by atoms with Gasteiger partial charge in [-0.3, -0.25) is 0 Å². The molecule has 0 fully saturated rings. The van der Waals surface area contributed by atoms with Crippen molar-refractivity contribution in [3.63, 3.8) is 0 Å². The fraction of sp³-hybridized carbons (Fsp3) is 1.00. The molecule has 0 unspecified atom stereocenters. The molecule has 0 aliphatic heterocycles. The Kier molecular flexibility index (Phi) is 8.96. The number of hydrogen-bond acceptors (Lipinski definition) is 2. The SMILES string of the molecule is CC(C)CCC(CCC(C)C)NC[C@@H](C)O. The predicted molar refractivity (Wildman–Crippen MR) is 71.6 cm³/mol. The second kappa shape index (κ2) is 9.00. The van der Waals surface area contributed by atoms with Crippen LogP contribution in [-0.4, -0.2) is 23.8 Å². The lowest BCUT2D eigenvalue weighted by molar-refractivity contribution is 0.182. The lowest BCUT2D eigenvalue weighted by Gasteiger charge is -2.21. The zero-order valence-corrected chi connectivity index (χ0v) is 11.8. The van der Waals surface area contributed by atoms with Crippen LogP contribution in [0.15, 0.2) is 0 Å². The Balaban J connectivity index is 3.85. The standard InChI is InChI=1S/C14H31NO/c1-11(2)6-8-14(9-7-12(3)4)15-10-13(5)16/h11-16H,6-10H2,1-5H3/t13-/m1/s1. The van der Waals surface area contributed by atoms with Crippen LogP contribution in [0, 0.1) is 11.8 Å². The van der Waals surface area contributed by atoms with E-state index in [1.165, 1.54) is 25.7 Å². The van der Waals surface area contributed by atoms with Crippen LogP contribution in [0.2, 0.25) is 0 Å². The first kappa shape index (κ1) is 15.9. The van der Waals surface area contributed by atoms with Crippen molar-refractivity contribution in [2.24, 2.45) is 11.8 Å². The van der Waals surface area contributed by atoms with Crippen molar-refractivity contribution in [1.82, 2.24) is 5.32 Å².